The van der Waals surface area contributed by atoms with Gasteiger partial charge in [0, 0.05) is 0 Å². The number of ether oxygens (including phenoxy) is 1. The van der Waals surface area contributed by atoms with Gasteiger partial charge in [0.25, 0.3) is 5.91 Å². The van der Waals surface area contributed by atoms with Crippen molar-refractivity contribution in [2.24, 2.45) is 5.92 Å². The van der Waals surface area contributed by atoms with Crippen LogP contribution in [0.3, 0.4) is 0 Å². The number of amides is 1. The third-order valence-electron chi connectivity index (χ3n) is 3.30. The van der Waals surface area contributed by atoms with Crippen LogP contribution in [0.15, 0.2) is 24.3 Å². The second kappa shape index (κ2) is 10.5. The van der Waals surface area contributed by atoms with Crippen molar-refractivity contribution in [1.82, 2.24) is 5.32 Å². The Hall–Kier alpha value is -1.22. The van der Waals surface area contributed by atoms with Crippen LogP contribution in [0, 0.1) is 5.92 Å². The molecular formula is C17H26ClNO2. The summed E-state index contributed by atoms with van der Waals surface area (Å²) in [6.07, 6.45) is 6.25. The van der Waals surface area contributed by atoms with Crippen molar-refractivity contribution in [3.05, 3.63) is 29.8 Å². The van der Waals surface area contributed by atoms with Crippen molar-refractivity contribution in [3.63, 3.8) is 0 Å². The fraction of sp³-hybridized carbons (Fsp3) is 0.588. The summed E-state index contributed by atoms with van der Waals surface area (Å²) in [7, 11) is 0. The van der Waals surface area contributed by atoms with Crippen LogP contribution in [0.5, 0.6) is 5.75 Å². The van der Waals surface area contributed by atoms with Crippen molar-refractivity contribution in [2.75, 3.05) is 12.6 Å². The molecule has 0 bridgehead atoms. The number of carbonyl (C=O) groups is 1. The Kier molecular flexibility index (Phi) is 8.91. The number of hydrogen-bond acceptors (Lipinski definition) is 2. The molecule has 1 aromatic carbocycles. The quantitative estimate of drug-likeness (QED) is 0.401. The average Bonchev–Trinajstić information content (AvgIpc) is 2.46. The Balaban J connectivity index is 2.22. The number of unbranched alkanes of at least 4 members (excludes halogenated alkanes) is 2. The molecule has 4 heteroatoms. The van der Waals surface area contributed by atoms with Crippen molar-refractivity contribution >= 4 is 17.5 Å². The molecule has 1 N–H and O–H groups in total. The lowest BCUT2D eigenvalue weighted by Crippen LogP contribution is -2.27. The first-order chi connectivity index (χ1) is 10.1. The zero-order chi connectivity index (χ0) is 15.5. The molecule has 0 unspecified atom stereocenters. The Morgan fingerprint density at radius 3 is 2.52 bits per heavy atom. The van der Waals surface area contributed by atoms with Crippen LogP contribution >= 0.6 is 11.6 Å². The highest BCUT2D eigenvalue weighted by atomic mass is 35.5. The molecule has 118 valence electrons. The smallest absolute Gasteiger partial charge is 0.258 e. The first-order valence-corrected chi connectivity index (χ1v) is 8.19. The molecule has 0 atom stereocenters. The van der Waals surface area contributed by atoms with Crippen LogP contribution in [-0.4, -0.2) is 18.5 Å². The maximum atomic E-state index is 11.2. The largest absolute Gasteiger partial charge is 0.484 e. The van der Waals surface area contributed by atoms with Crippen molar-refractivity contribution in [1.29, 1.82) is 0 Å². The molecule has 0 radical (unpaired) electrons. The van der Waals surface area contributed by atoms with E-state index in [0.29, 0.717) is 5.75 Å². The fourth-order valence-corrected chi connectivity index (χ4v) is 2.23. The molecule has 0 saturated heterocycles. The SMILES string of the molecule is CC(C)CCCCCc1ccc(OCC(=O)NCCl)cc1. The van der Waals surface area contributed by atoms with Gasteiger partial charge in [-0.15, -0.1) is 11.6 Å². The van der Waals surface area contributed by atoms with Crippen molar-refractivity contribution in [2.45, 2.75) is 46.0 Å². The van der Waals surface area contributed by atoms with Crippen LogP contribution in [0.25, 0.3) is 0 Å². The minimum atomic E-state index is -0.209. The van der Waals surface area contributed by atoms with E-state index in [1.54, 1.807) is 0 Å². The predicted molar refractivity (Wildman–Crippen MR) is 87.8 cm³/mol. The van der Waals surface area contributed by atoms with Crippen LogP contribution in [0.2, 0.25) is 0 Å². The lowest BCUT2D eigenvalue weighted by molar-refractivity contribution is -0.122. The molecule has 0 fully saturated rings. The van der Waals surface area contributed by atoms with Crippen LogP contribution < -0.4 is 10.1 Å². The van der Waals surface area contributed by atoms with Gasteiger partial charge in [-0.3, -0.25) is 4.79 Å². The molecule has 3 nitrogen and oxygen atoms in total. The number of nitrogens with one attached hydrogen (secondary N) is 1. The van der Waals surface area contributed by atoms with Gasteiger partial charge in [-0.2, -0.15) is 0 Å². The monoisotopic (exact) mass is 311 g/mol. The average molecular weight is 312 g/mol. The lowest BCUT2D eigenvalue weighted by Gasteiger charge is -2.07. The maximum Gasteiger partial charge on any atom is 0.258 e. The summed E-state index contributed by atoms with van der Waals surface area (Å²) >= 11 is 5.40. The second-order valence-corrected chi connectivity index (χ2v) is 5.93. The van der Waals surface area contributed by atoms with Gasteiger partial charge >= 0.3 is 0 Å². The van der Waals surface area contributed by atoms with E-state index < -0.39 is 0 Å². The molecule has 0 saturated carbocycles. The van der Waals surface area contributed by atoms with Gasteiger partial charge < -0.3 is 10.1 Å². The molecule has 1 rings (SSSR count). The third-order valence-corrected chi connectivity index (χ3v) is 3.44. The number of alkyl halides is 1. The number of benzene rings is 1. The highest BCUT2D eigenvalue weighted by Crippen LogP contribution is 2.15. The normalized spacial score (nSPS) is 10.7. The van der Waals surface area contributed by atoms with Crippen LogP contribution in [0.4, 0.5) is 0 Å². The summed E-state index contributed by atoms with van der Waals surface area (Å²) in [6, 6.07) is 8.07. The van der Waals surface area contributed by atoms with Crippen LogP contribution in [-0.2, 0) is 11.2 Å². The molecule has 0 spiro atoms. The van der Waals surface area contributed by atoms with Gasteiger partial charge in [-0.1, -0.05) is 45.2 Å². The molecule has 21 heavy (non-hydrogen) atoms. The van der Waals surface area contributed by atoms with Gasteiger partial charge in [0.05, 0.1) is 6.00 Å². The van der Waals surface area contributed by atoms with Crippen molar-refractivity contribution in [3.8, 4) is 5.75 Å². The first-order valence-electron chi connectivity index (χ1n) is 7.66. The number of halogens is 1. The van der Waals surface area contributed by atoms with E-state index in [4.69, 9.17) is 16.3 Å². The fourth-order valence-electron chi connectivity index (χ4n) is 2.09. The number of aryl methyl sites for hydroxylation is 1. The molecule has 0 aliphatic carbocycles. The zero-order valence-corrected chi connectivity index (χ0v) is 13.8. The number of rotatable bonds is 10. The topological polar surface area (TPSA) is 38.3 Å². The number of hydrogen-bond donors (Lipinski definition) is 1. The maximum absolute atomic E-state index is 11.2. The van der Waals surface area contributed by atoms with E-state index >= 15 is 0 Å². The van der Waals surface area contributed by atoms with Gasteiger partial charge in [0.15, 0.2) is 6.61 Å². The lowest BCUT2D eigenvalue weighted by atomic mass is 10.0. The highest BCUT2D eigenvalue weighted by molar-refractivity contribution is 6.18. The summed E-state index contributed by atoms with van der Waals surface area (Å²) in [5.41, 5.74) is 1.32. The summed E-state index contributed by atoms with van der Waals surface area (Å²) < 4.78 is 5.37. The van der Waals surface area contributed by atoms with E-state index in [0.717, 1.165) is 12.3 Å². The zero-order valence-electron chi connectivity index (χ0n) is 13.0. The van der Waals surface area contributed by atoms with Gasteiger partial charge in [-0.25, -0.2) is 0 Å². The van der Waals surface area contributed by atoms with Crippen molar-refractivity contribution < 1.29 is 9.53 Å². The highest BCUT2D eigenvalue weighted by Gasteiger charge is 2.02. The second-order valence-electron chi connectivity index (χ2n) is 5.66. The third kappa shape index (κ3) is 8.61. The minimum Gasteiger partial charge on any atom is -0.484 e. The Bertz CT molecular complexity index is 404. The molecule has 1 aromatic rings. The summed E-state index contributed by atoms with van der Waals surface area (Å²) in [5, 5.41) is 2.48. The van der Waals surface area contributed by atoms with E-state index in [-0.39, 0.29) is 18.5 Å². The van der Waals surface area contributed by atoms with Gasteiger partial charge in [-0.05, 0) is 36.5 Å². The molecule has 0 heterocycles. The van der Waals surface area contributed by atoms with Gasteiger partial charge in [0.2, 0.25) is 0 Å². The van der Waals surface area contributed by atoms with Gasteiger partial charge in [0.1, 0.15) is 5.75 Å². The summed E-state index contributed by atoms with van der Waals surface area (Å²) in [4.78, 5) is 11.2. The Labute approximate surface area is 133 Å². The first kappa shape index (κ1) is 17.8. The molecule has 1 amide bonds. The van der Waals surface area contributed by atoms with E-state index in [1.165, 1.54) is 31.2 Å². The molecule has 0 aromatic heterocycles. The molecule has 0 aliphatic heterocycles. The number of carbonyl (C=O) groups excluding carboxylic acids is 1. The Morgan fingerprint density at radius 1 is 1.19 bits per heavy atom. The standard InChI is InChI=1S/C17H26ClNO2/c1-14(2)6-4-3-5-7-15-8-10-16(11-9-15)21-12-17(20)19-13-18/h8-11,14H,3-7,12-13H2,1-2H3,(H,19,20). The van der Waals surface area contributed by atoms with Crippen LogP contribution in [0.1, 0.15) is 45.1 Å². The van der Waals surface area contributed by atoms with E-state index in [1.807, 2.05) is 12.1 Å². The molecular weight excluding hydrogens is 286 g/mol. The van der Waals surface area contributed by atoms with E-state index in [2.05, 4.69) is 31.3 Å². The van der Waals surface area contributed by atoms with E-state index in [9.17, 15) is 4.79 Å². The Morgan fingerprint density at radius 2 is 1.90 bits per heavy atom. The predicted octanol–water partition coefficient (Wildman–Crippen LogP) is 4.14. The minimum absolute atomic E-state index is 0.00126. The molecule has 0 aliphatic rings. The summed E-state index contributed by atoms with van der Waals surface area (Å²) in [5.74, 6) is 1.31. The summed E-state index contributed by atoms with van der Waals surface area (Å²) in [6.45, 7) is 4.54.